The Hall–Kier alpha value is -1.09. The smallest absolute Gasteiger partial charge is 0.243 e. The zero-order valence-electron chi connectivity index (χ0n) is 12.3. The van der Waals surface area contributed by atoms with Gasteiger partial charge in [-0.15, -0.1) is 12.4 Å². The Balaban J connectivity index is 0.00000400. The lowest BCUT2D eigenvalue weighted by Gasteiger charge is -2.14. The number of halogens is 2. The lowest BCUT2D eigenvalue weighted by molar-refractivity contribution is 0.350. The minimum Gasteiger partial charge on any atom is -0.493 e. The van der Waals surface area contributed by atoms with Crippen molar-refractivity contribution in [1.82, 2.24) is 10.0 Å². The predicted octanol–water partition coefficient (Wildman–Crippen LogP) is 1.15. The molecule has 2 N–H and O–H groups in total. The Bertz CT molecular complexity index is 569. The number of likely N-dealkylation sites (N-methyl/N-ethyl adjacent to an activating group) is 1. The fourth-order valence-electron chi connectivity index (χ4n) is 1.46. The van der Waals surface area contributed by atoms with Crippen molar-refractivity contribution in [2.45, 2.75) is 17.9 Å². The molecule has 0 aliphatic carbocycles. The van der Waals surface area contributed by atoms with E-state index in [1.54, 1.807) is 14.0 Å². The van der Waals surface area contributed by atoms with Crippen LogP contribution >= 0.6 is 12.4 Å². The molecule has 0 radical (unpaired) electrons. The van der Waals surface area contributed by atoms with Crippen molar-refractivity contribution in [2.24, 2.45) is 0 Å². The first kappa shape index (κ1) is 19.9. The Kier molecular flexibility index (Phi) is 7.94. The maximum atomic E-state index is 13.9. The zero-order valence-corrected chi connectivity index (χ0v) is 13.9. The van der Waals surface area contributed by atoms with Crippen LogP contribution in [0.1, 0.15) is 6.92 Å². The number of hydrogen-bond donors (Lipinski definition) is 2. The predicted molar refractivity (Wildman–Crippen MR) is 80.5 cm³/mol. The SMILES string of the molecule is CNC(C)CNS(=O)(=O)c1cc(OC)c(OC)cc1F.Cl. The molecule has 0 spiro atoms. The molecule has 0 aromatic heterocycles. The molecular formula is C12H20ClFN2O4S. The van der Waals surface area contributed by atoms with Crippen molar-refractivity contribution < 1.29 is 22.3 Å². The standard InChI is InChI=1S/C12H19FN2O4S.ClH/c1-8(14-2)7-15-20(16,17)12-6-11(19-4)10(18-3)5-9(12)13;/h5-6,8,14-15H,7H2,1-4H3;1H. The second kappa shape index (κ2) is 8.38. The first-order chi connectivity index (χ1) is 9.35. The highest BCUT2D eigenvalue weighted by Gasteiger charge is 2.22. The van der Waals surface area contributed by atoms with E-state index in [2.05, 4.69) is 10.0 Å². The summed E-state index contributed by atoms with van der Waals surface area (Å²) in [6.07, 6.45) is 0. The molecule has 9 heteroatoms. The van der Waals surface area contributed by atoms with Gasteiger partial charge in [-0.05, 0) is 14.0 Å². The monoisotopic (exact) mass is 342 g/mol. The van der Waals surface area contributed by atoms with E-state index in [1.165, 1.54) is 14.2 Å². The normalized spacial score (nSPS) is 12.4. The molecule has 0 fully saturated rings. The molecular weight excluding hydrogens is 323 g/mol. The fourth-order valence-corrected chi connectivity index (χ4v) is 2.66. The van der Waals surface area contributed by atoms with Gasteiger partial charge in [0.2, 0.25) is 10.0 Å². The van der Waals surface area contributed by atoms with Crippen LogP contribution in [0.4, 0.5) is 4.39 Å². The Morgan fingerprint density at radius 3 is 2.24 bits per heavy atom. The van der Waals surface area contributed by atoms with E-state index in [0.717, 1.165) is 12.1 Å². The van der Waals surface area contributed by atoms with Gasteiger partial charge in [-0.2, -0.15) is 0 Å². The number of sulfonamides is 1. The van der Waals surface area contributed by atoms with Gasteiger partial charge in [0, 0.05) is 24.7 Å². The second-order valence-electron chi connectivity index (χ2n) is 4.18. The van der Waals surface area contributed by atoms with E-state index in [0.29, 0.717) is 0 Å². The van der Waals surface area contributed by atoms with Gasteiger partial charge in [-0.3, -0.25) is 0 Å². The summed E-state index contributed by atoms with van der Waals surface area (Å²) >= 11 is 0. The minimum absolute atomic E-state index is 0. The summed E-state index contributed by atoms with van der Waals surface area (Å²) in [5.74, 6) is -0.615. The molecule has 0 saturated carbocycles. The average Bonchev–Trinajstić information content (AvgIpc) is 2.44. The quantitative estimate of drug-likeness (QED) is 0.777. The molecule has 1 atom stereocenters. The lowest BCUT2D eigenvalue weighted by atomic mass is 10.3. The van der Waals surface area contributed by atoms with Crippen LogP contribution in [-0.4, -0.2) is 42.3 Å². The minimum atomic E-state index is -3.95. The fraction of sp³-hybridized carbons (Fsp3) is 0.500. The van der Waals surface area contributed by atoms with Crippen molar-refractivity contribution in [3.63, 3.8) is 0 Å². The molecule has 1 rings (SSSR count). The van der Waals surface area contributed by atoms with E-state index >= 15 is 0 Å². The summed E-state index contributed by atoms with van der Waals surface area (Å²) < 4.78 is 50.2. The van der Waals surface area contributed by atoms with Crippen LogP contribution in [0, 0.1) is 5.82 Å². The third-order valence-electron chi connectivity index (χ3n) is 2.80. The molecule has 6 nitrogen and oxygen atoms in total. The molecule has 0 heterocycles. The summed E-state index contributed by atoms with van der Waals surface area (Å²) in [6.45, 7) is 1.94. The molecule has 0 amide bonds. The van der Waals surface area contributed by atoms with Crippen molar-refractivity contribution >= 4 is 22.4 Å². The maximum absolute atomic E-state index is 13.9. The van der Waals surface area contributed by atoms with Gasteiger partial charge in [0.25, 0.3) is 0 Å². The van der Waals surface area contributed by atoms with E-state index in [-0.39, 0.29) is 36.5 Å². The maximum Gasteiger partial charge on any atom is 0.243 e. The summed E-state index contributed by atoms with van der Waals surface area (Å²) in [7, 11) is 0.445. The van der Waals surface area contributed by atoms with Gasteiger partial charge in [0.15, 0.2) is 11.5 Å². The summed E-state index contributed by atoms with van der Waals surface area (Å²) in [5.41, 5.74) is 0. The zero-order chi connectivity index (χ0) is 15.3. The van der Waals surface area contributed by atoms with Crippen LogP contribution in [-0.2, 0) is 10.0 Å². The molecule has 0 aliphatic heterocycles. The topological polar surface area (TPSA) is 76.7 Å². The molecule has 0 bridgehead atoms. The van der Waals surface area contributed by atoms with Gasteiger partial charge in [-0.25, -0.2) is 17.5 Å². The van der Waals surface area contributed by atoms with Crippen LogP contribution < -0.4 is 19.5 Å². The molecule has 0 saturated heterocycles. The second-order valence-corrected chi connectivity index (χ2v) is 5.91. The van der Waals surface area contributed by atoms with Gasteiger partial charge in [-0.1, -0.05) is 0 Å². The number of nitrogens with one attached hydrogen (secondary N) is 2. The highest BCUT2D eigenvalue weighted by molar-refractivity contribution is 7.89. The first-order valence-corrected chi connectivity index (χ1v) is 7.42. The van der Waals surface area contributed by atoms with Crippen LogP contribution in [0.2, 0.25) is 0 Å². The van der Waals surface area contributed by atoms with Crippen molar-refractivity contribution in [3.8, 4) is 11.5 Å². The van der Waals surface area contributed by atoms with Gasteiger partial charge in [0.1, 0.15) is 10.7 Å². The summed E-state index contributed by atoms with van der Waals surface area (Å²) in [5, 5.41) is 2.88. The third kappa shape index (κ3) is 4.99. The highest BCUT2D eigenvalue weighted by Crippen LogP contribution is 2.31. The molecule has 1 aromatic carbocycles. The molecule has 0 aliphatic rings. The molecule has 1 unspecified atom stereocenters. The van der Waals surface area contributed by atoms with Gasteiger partial charge in [0.05, 0.1) is 14.2 Å². The summed E-state index contributed by atoms with van der Waals surface area (Å²) in [6, 6.07) is 2.00. The van der Waals surface area contributed by atoms with Crippen LogP contribution in [0.25, 0.3) is 0 Å². The summed E-state index contributed by atoms with van der Waals surface area (Å²) in [4.78, 5) is -0.474. The number of hydrogen-bond acceptors (Lipinski definition) is 5. The van der Waals surface area contributed by atoms with Crippen molar-refractivity contribution in [1.29, 1.82) is 0 Å². The Labute approximate surface area is 130 Å². The largest absolute Gasteiger partial charge is 0.493 e. The Morgan fingerprint density at radius 1 is 1.24 bits per heavy atom. The third-order valence-corrected chi connectivity index (χ3v) is 4.24. The average molecular weight is 343 g/mol. The van der Waals surface area contributed by atoms with E-state index < -0.39 is 20.7 Å². The van der Waals surface area contributed by atoms with Crippen LogP contribution in [0.15, 0.2) is 17.0 Å². The molecule has 1 aromatic rings. The number of ether oxygens (including phenoxy) is 2. The Morgan fingerprint density at radius 2 is 1.76 bits per heavy atom. The molecule has 122 valence electrons. The lowest BCUT2D eigenvalue weighted by Crippen LogP contribution is -2.37. The number of rotatable bonds is 7. The number of benzene rings is 1. The van der Waals surface area contributed by atoms with Crippen molar-refractivity contribution in [2.75, 3.05) is 27.8 Å². The highest BCUT2D eigenvalue weighted by atomic mass is 35.5. The van der Waals surface area contributed by atoms with E-state index in [9.17, 15) is 12.8 Å². The first-order valence-electron chi connectivity index (χ1n) is 5.94. The molecule has 21 heavy (non-hydrogen) atoms. The van der Waals surface area contributed by atoms with E-state index in [4.69, 9.17) is 9.47 Å². The van der Waals surface area contributed by atoms with Gasteiger partial charge >= 0.3 is 0 Å². The number of methoxy groups -OCH3 is 2. The van der Waals surface area contributed by atoms with Crippen LogP contribution in [0.5, 0.6) is 11.5 Å². The van der Waals surface area contributed by atoms with E-state index in [1.807, 2.05) is 0 Å². The van der Waals surface area contributed by atoms with Crippen molar-refractivity contribution in [3.05, 3.63) is 17.9 Å². The van der Waals surface area contributed by atoms with Crippen LogP contribution in [0.3, 0.4) is 0 Å². The van der Waals surface area contributed by atoms with Gasteiger partial charge < -0.3 is 14.8 Å².